The van der Waals surface area contributed by atoms with Gasteiger partial charge in [-0.1, -0.05) is 47.5 Å². The SMILES string of the molecule is COCCCNC1N[C@H](C(C)(C)C)NCC1C(O)N(CC(C)C)[C@@H]1CNC[C@H](CCCC(CCN)C2CCCCN2)C1. The maximum absolute atomic E-state index is 12.1. The Hall–Kier alpha value is -0.360. The second-order valence-electron chi connectivity index (χ2n) is 15.1. The number of hydrogen-bond acceptors (Lipinski definition) is 9. The quantitative estimate of drug-likeness (QED) is 0.101. The number of piperidine rings is 2. The van der Waals surface area contributed by atoms with E-state index in [-0.39, 0.29) is 23.7 Å². The molecule has 0 bridgehead atoms. The molecule has 0 aromatic rings. The normalized spacial score (nSPS) is 31.0. The summed E-state index contributed by atoms with van der Waals surface area (Å²) in [5.41, 5.74) is 6.10. The van der Waals surface area contributed by atoms with Crippen molar-refractivity contribution in [1.29, 1.82) is 0 Å². The predicted molar refractivity (Wildman–Crippen MR) is 175 cm³/mol. The van der Waals surface area contributed by atoms with Crippen molar-refractivity contribution in [2.45, 2.75) is 123 Å². The average molecular weight is 596 g/mol. The molecule has 3 saturated heterocycles. The first-order chi connectivity index (χ1) is 20.1. The summed E-state index contributed by atoms with van der Waals surface area (Å²) in [6, 6.07) is 0.998. The molecule has 0 radical (unpaired) electrons. The number of hydrogen-bond donors (Lipinski definition) is 7. The monoisotopic (exact) mass is 596 g/mol. The van der Waals surface area contributed by atoms with Gasteiger partial charge in [-0.3, -0.25) is 10.2 Å². The summed E-state index contributed by atoms with van der Waals surface area (Å²) >= 11 is 0. The highest BCUT2D eigenvalue weighted by Gasteiger charge is 2.42. The first kappa shape index (κ1) is 36.1. The number of nitrogens with zero attached hydrogens (tertiary/aromatic N) is 1. The number of aliphatic hydroxyl groups excluding tert-OH is 1. The van der Waals surface area contributed by atoms with Gasteiger partial charge < -0.3 is 36.8 Å². The van der Waals surface area contributed by atoms with Crippen LogP contribution >= 0.6 is 0 Å². The Kier molecular flexibility index (Phi) is 16.0. The molecule has 42 heavy (non-hydrogen) atoms. The molecule has 248 valence electrons. The van der Waals surface area contributed by atoms with Crippen molar-refractivity contribution >= 4 is 0 Å². The molecule has 3 aliphatic heterocycles. The van der Waals surface area contributed by atoms with Gasteiger partial charge in [0.05, 0.1) is 12.3 Å². The molecular weight excluding hydrogens is 526 g/mol. The second kappa shape index (κ2) is 18.6. The standard InChI is InChI=1S/C33H69N7O2/c1-24(2)23-40(31(41)28-22-38-32(33(3,4)5)39-30(28)37-17-10-18-42-6)27-19-25(20-35-21-27)11-9-12-26(14-15-34)29-13-7-8-16-36-29/h24-32,35-39,41H,7-23,34H2,1-6H3/t25-,26?,27+,28?,29?,30?,31?,32-/m1/s1. The molecule has 3 rings (SSSR count). The molecule has 3 heterocycles. The van der Waals surface area contributed by atoms with E-state index in [1.54, 1.807) is 7.11 Å². The molecule has 8 atom stereocenters. The summed E-state index contributed by atoms with van der Waals surface area (Å²) in [6.07, 6.45) is 10.7. The molecule has 0 spiro atoms. The second-order valence-corrected chi connectivity index (χ2v) is 15.1. The number of nitrogens with one attached hydrogen (secondary N) is 5. The lowest BCUT2D eigenvalue weighted by Crippen LogP contribution is -2.71. The van der Waals surface area contributed by atoms with Crippen molar-refractivity contribution < 1.29 is 9.84 Å². The Morgan fingerprint density at radius 3 is 2.55 bits per heavy atom. The van der Waals surface area contributed by atoms with Crippen LogP contribution in [0.1, 0.15) is 92.4 Å². The van der Waals surface area contributed by atoms with Crippen LogP contribution in [0.3, 0.4) is 0 Å². The van der Waals surface area contributed by atoms with Gasteiger partial charge in [-0.05, 0) is 94.3 Å². The summed E-state index contributed by atoms with van der Waals surface area (Å²) in [5, 5.41) is 30.9. The lowest BCUT2D eigenvalue weighted by atomic mass is 9.83. The fourth-order valence-corrected chi connectivity index (χ4v) is 7.58. The minimum absolute atomic E-state index is 0.0391. The number of aliphatic hydroxyl groups is 1. The summed E-state index contributed by atoms with van der Waals surface area (Å²) in [6.45, 7) is 18.6. The fraction of sp³-hybridized carbons (Fsp3) is 1.00. The molecule has 0 aromatic carbocycles. The van der Waals surface area contributed by atoms with Crippen LogP contribution in [0.2, 0.25) is 0 Å². The van der Waals surface area contributed by atoms with Crippen molar-refractivity contribution in [3.05, 3.63) is 0 Å². The van der Waals surface area contributed by atoms with E-state index in [9.17, 15) is 5.11 Å². The van der Waals surface area contributed by atoms with Crippen molar-refractivity contribution in [3.8, 4) is 0 Å². The van der Waals surface area contributed by atoms with E-state index in [1.807, 2.05) is 0 Å². The number of rotatable bonds is 17. The van der Waals surface area contributed by atoms with Gasteiger partial charge in [-0.2, -0.15) is 0 Å². The molecule has 5 unspecified atom stereocenters. The molecule has 9 nitrogen and oxygen atoms in total. The van der Waals surface area contributed by atoms with Crippen LogP contribution in [0.4, 0.5) is 0 Å². The van der Waals surface area contributed by atoms with Crippen molar-refractivity contribution in [2.75, 3.05) is 59.5 Å². The largest absolute Gasteiger partial charge is 0.385 e. The zero-order valence-corrected chi connectivity index (χ0v) is 28.1. The molecule has 3 fully saturated rings. The molecule has 0 aliphatic carbocycles. The van der Waals surface area contributed by atoms with Crippen molar-refractivity contribution in [2.24, 2.45) is 34.8 Å². The Labute approximate surface area is 258 Å². The van der Waals surface area contributed by atoms with E-state index < -0.39 is 6.23 Å². The highest BCUT2D eigenvalue weighted by atomic mass is 16.5. The van der Waals surface area contributed by atoms with E-state index in [1.165, 1.54) is 45.1 Å². The maximum atomic E-state index is 12.1. The molecule has 9 heteroatoms. The number of ether oxygens (including phenoxy) is 1. The van der Waals surface area contributed by atoms with Crippen LogP contribution in [0, 0.1) is 29.1 Å². The van der Waals surface area contributed by atoms with E-state index in [2.05, 4.69) is 66.1 Å². The lowest BCUT2D eigenvalue weighted by molar-refractivity contribution is -0.0992. The Balaban J connectivity index is 1.62. The van der Waals surface area contributed by atoms with Crippen molar-refractivity contribution in [3.63, 3.8) is 0 Å². The summed E-state index contributed by atoms with van der Waals surface area (Å²) in [4.78, 5) is 2.43. The topological polar surface area (TPSA) is 119 Å². The van der Waals surface area contributed by atoms with Crippen LogP contribution < -0.4 is 32.3 Å². The zero-order valence-electron chi connectivity index (χ0n) is 28.1. The van der Waals surface area contributed by atoms with Crippen LogP contribution in [0.15, 0.2) is 0 Å². The summed E-state index contributed by atoms with van der Waals surface area (Å²) in [7, 11) is 1.76. The average Bonchev–Trinajstić information content (AvgIpc) is 2.97. The van der Waals surface area contributed by atoms with Crippen LogP contribution in [0.25, 0.3) is 0 Å². The van der Waals surface area contributed by atoms with Gasteiger partial charge in [-0.25, -0.2) is 0 Å². The summed E-state index contributed by atoms with van der Waals surface area (Å²) in [5.74, 6) is 1.89. The van der Waals surface area contributed by atoms with E-state index in [4.69, 9.17) is 10.5 Å². The van der Waals surface area contributed by atoms with E-state index in [0.29, 0.717) is 29.8 Å². The highest BCUT2D eigenvalue weighted by Crippen LogP contribution is 2.30. The van der Waals surface area contributed by atoms with Gasteiger partial charge in [0, 0.05) is 51.4 Å². The third-order valence-electron chi connectivity index (χ3n) is 9.92. The molecule has 0 saturated carbocycles. The minimum atomic E-state index is -0.523. The third-order valence-corrected chi connectivity index (χ3v) is 9.92. The first-order valence-electron chi connectivity index (χ1n) is 17.4. The smallest absolute Gasteiger partial charge is 0.114 e. The van der Waals surface area contributed by atoms with Gasteiger partial charge in [0.1, 0.15) is 6.23 Å². The Morgan fingerprint density at radius 1 is 1.07 bits per heavy atom. The van der Waals surface area contributed by atoms with Crippen LogP contribution in [0.5, 0.6) is 0 Å². The van der Waals surface area contributed by atoms with Crippen LogP contribution in [-0.2, 0) is 4.74 Å². The Morgan fingerprint density at radius 2 is 1.88 bits per heavy atom. The van der Waals surface area contributed by atoms with Crippen molar-refractivity contribution in [1.82, 2.24) is 31.5 Å². The molecule has 0 amide bonds. The van der Waals surface area contributed by atoms with Gasteiger partial charge in [0.25, 0.3) is 0 Å². The van der Waals surface area contributed by atoms with Gasteiger partial charge in [0.15, 0.2) is 0 Å². The fourth-order valence-electron chi connectivity index (χ4n) is 7.58. The Bertz CT molecular complexity index is 715. The number of methoxy groups -OCH3 is 1. The number of nitrogens with two attached hydrogens (primary N) is 1. The minimum Gasteiger partial charge on any atom is -0.385 e. The first-order valence-corrected chi connectivity index (χ1v) is 17.4. The van der Waals surface area contributed by atoms with E-state index >= 15 is 0 Å². The maximum Gasteiger partial charge on any atom is 0.114 e. The highest BCUT2D eigenvalue weighted by molar-refractivity contribution is 4.95. The molecule has 8 N–H and O–H groups in total. The molecule has 0 aromatic heterocycles. The van der Waals surface area contributed by atoms with Gasteiger partial charge >= 0.3 is 0 Å². The summed E-state index contributed by atoms with van der Waals surface area (Å²) < 4.78 is 5.29. The van der Waals surface area contributed by atoms with Crippen LogP contribution in [-0.4, -0.2) is 100 Å². The molecule has 3 aliphatic rings. The lowest BCUT2D eigenvalue weighted by Gasteiger charge is -2.49. The zero-order chi connectivity index (χ0) is 30.5. The van der Waals surface area contributed by atoms with E-state index in [0.717, 1.165) is 65.1 Å². The van der Waals surface area contributed by atoms with Gasteiger partial charge in [-0.15, -0.1) is 0 Å². The molecular formula is C33H69N7O2. The third kappa shape index (κ3) is 11.5. The predicted octanol–water partition coefficient (Wildman–Crippen LogP) is 2.65. The van der Waals surface area contributed by atoms with Gasteiger partial charge in [0.2, 0.25) is 0 Å².